The van der Waals surface area contributed by atoms with Crippen LogP contribution in [0.4, 0.5) is 4.39 Å². The normalized spacial score (nSPS) is 27.2. The van der Waals surface area contributed by atoms with Gasteiger partial charge in [-0.2, -0.15) is 0 Å². The van der Waals surface area contributed by atoms with E-state index in [9.17, 15) is 9.50 Å². The molecule has 1 nitrogen and oxygen atoms in total. The molecule has 0 bridgehead atoms. The van der Waals surface area contributed by atoms with Gasteiger partial charge in [0, 0.05) is 5.92 Å². The van der Waals surface area contributed by atoms with Crippen molar-refractivity contribution >= 4 is 0 Å². The van der Waals surface area contributed by atoms with Gasteiger partial charge in [-0.15, -0.1) is 0 Å². The minimum atomic E-state index is -0.591. The van der Waals surface area contributed by atoms with Crippen molar-refractivity contribution < 1.29 is 9.50 Å². The van der Waals surface area contributed by atoms with Crippen molar-refractivity contribution in [3.63, 3.8) is 0 Å². The number of aliphatic hydroxyl groups is 1. The first-order valence-corrected chi connectivity index (χ1v) is 4.14. The number of rotatable bonds is 1. The molecule has 0 spiro atoms. The van der Waals surface area contributed by atoms with Crippen LogP contribution in [0, 0.1) is 5.92 Å². The van der Waals surface area contributed by atoms with Crippen LogP contribution in [0.15, 0.2) is 24.3 Å². The van der Waals surface area contributed by atoms with E-state index in [-0.39, 0.29) is 5.92 Å². The summed E-state index contributed by atoms with van der Waals surface area (Å²) in [5.41, 5.74) is 1.99. The average molecular weight is 166 g/mol. The minimum absolute atomic E-state index is 0.220. The predicted molar refractivity (Wildman–Crippen MR) is 44.6 cm³/mol. The van der Waals surface area contributed by atoms with E-state index in [4.69, 9.17) is 0 Å². The quantitative estimate of drug-likeness (QED) is 0.675. The van der Waals surface area contributed by atoms with Crippen molar-refractivity contribution in [3.05, 3.63) is 35.4 Å². The second kappa shape index (κ2) is 2.87. The zero-order chi connectivity index (χ0) is 8.55. The lowest BCUT2D eigenvalue weighted by Crippen LogP contribution is -2.08. The van der Waals surface area contributed by atoms with E-state index in [0.717, 1.165) is 11.1 Å². The van der Waals surface area contributed by atoms with Crippen molar-refractivity contribution in [2.24, 2.45) is 5.92 Å². The summed E-state index contributed by atoms with van der Waals surface area (Å²) in [7, 11) is 0. The summed E-state index contributed by atoms with van der Waals surface area (Å²) in [6.45, 7) is -0.435. The van der Waals surface area contributed by atoms with Gasteiger partial charge in [-0.05, 0) is 17.5 Å². The molecule has 0 heterocycles. The van der Waals surface area contributed by atoms with E-state index in [2.05, 4.69) is 0 Å². The molecule has 1 aliphatic carbocycles. The molecule has 0 amide bonds. The molecule has 2 rings (SSSR count). The van der Waals surface area contributed by atoms with E-state index in [0.29, 0.717) is 6.42 Å². The standard InChI is InChI=1S/C10H11FO/c11-6-8-5-7-3-1-2-4-9(7)10(8)12/h1-4,8,10,12H,5-6H2. The molecule has 2 unspecified atom stereocenters. The van der Waals surface area contributed by atoms with Crippen LogP contribution >= 0.6 is 0 Å². The number of alkyl halides is 1. The maximum atomic E-state index is 12.4. The molecular weight excluding hydrogens is 155 g/mol. The van der Waals surface area contributed by atoms with E-state index in [1.165, 1.54) is 0 Å². The highest BCUT2D eigenvalue weighted by Gasteiger charge is 2.30. The van der Waals surface area contributed by atoms with Crippen LogP contribution in [0.2, 0.25) is 0 Å². The fourth-order valence-electron chi connectivity index (χ4n) is 1.80. The number of aliphatic hydroxyl groups excluding tert-OH is 1. The monoisotopic (exact) mass is 166 g/mol. The Kier molecular flexibility index (Phi) is 1.85. The second-order valence-corrected chi connectivity index (χ2v) is 3.26. The first kappa shape index (κ1) is 7.74. The van der Waals surface area contributed by atoms with Crippen molar-refractivity contribution in [2.75, 3.05) is 6.67 Å². The lowest BCUT2D eigenvalue weighted by molar-refractivity contribution is 0.106. The molecule has 0 fully saturated rings. The third kappa shape index (κ3) is 1.03. The molecular formula is C10H11FO. The van der Waals surface area contributed by atoms with Crippen LogP contribution in [0.5, 0.6) is 0 Å². The molecule has 0 aromatic heterocycles. The number of hydrogen-bond donors (Lipinski definition) is 1. The Hall–Kier alpha value is -0.890. The van der Waals surface area contributed by atoms with E-state index >= 15 is 0 Å². The lowest BCUT2D eigenvalue weighted by Gasteiger charge is -2.09. The smallest absolute Gasteiger partial charge is 0.0953 e. The van der Waals surface area contributed by atoms with Crippen molar-refractivity contribution in [2.45, 2.75) is 12.5 Å². The van der Waals surface area contributed by atoms with Crippen LogP contribution in [-0.4, -0.2) is 11.8 Å². The highest BCUT2D eigenvalue weighted by atomic mass is 19.1. The van der Waals surface area contributed by atoms with Gasteiger partial charge in [0.25, 0.3) is 0 Å². The van der Waals surface area contributed by atoms with Gasteiger partial charge >= 0.3 is 0 Å². The Labute approximate surface area is 70.8 Å². The van der Waals surface area contributed by atoms with Gasteiger partial charge in [0.15, 0.2) is 0 Å². The third-order valence-electron chi connectivity index (χ3n) is 2.50. The van der Waals surface area contributed by atoms with Crippen molar-refractivity contribution in [3.8, 4) is 0 Å². The van der Waals surface area contributed by atoms with Crippen molar-refractivity contribution in [1.82, 2.24) is 0 Å². The van der Waals surface area contributed by atoms with Gasteiger partial charge in [-0.1, -0.05) is 24.3 Å². The topological polar surface area (TPSA) is 20.2 Å². The summed E-state index contributed by atoms with van der Waals surface area (Å²) >= 11 is 0. The molecule has 64 valence electrons. The molecule has 1 N–H and O–H groups in total. The highest BCUT2D eigenvalue weighted by molar-refractivity contribution is 5.34. The van der Waals surface area contributed by atoms with E-state index in [1.807, 2.05) is 24.3 Å². The Morgan fingerprint density at radius 1 is 1.42 bits per heavy atom. The zero-order valence-electron chi connectivity index (χ0n) is 6.70. The summed E-state index contributed by atoms with van der Waals surface area (Å²) in [6.07, 6.45) is 0.0830. The molecule has 0 saturated carbocycles. The Bertz CT molecular complexity index is 285. The minimum Gasteiger partial charge on any atom is -0.388 e. The Balaban J connectivity index is 2.35. The predicted octanol–water partition coefficient (Wildman–Crippen LogP) is 1.86. The summed E-state index contributed by atoms with van der Waals surface area (Å²) in [5, 5.41) is 9.60. The summed E-state index contributed by atoms with van der Waals surface area (Å²) < 4.78 is 12.4. The number of fused-ring (bicyclic) bond motifs is 1. The number of hydrogen-bond acceptors (Lipinski definition) is 1. The summed E-state index contributed by atoms with van der Waals surface area (Å²) in [4.78, 5) is 0. The fourth-order valence-corrected chi connectivity index (χ4v) is 1.80. The van der Waals surface area contributed by atoms with Crippen LogP contribution in [0.25, 0.3) is 0 Å². The molecule has 2 heteroatoms. The maximum absolute atomic E-state index is 12.4. The van der Waals surface area contributed by atoms with Crippen molar-refractivity contribution in [1.29, 1.82) is 0 Å². The first-order valence-electron chi connectivity index (χ1n) is 4.14. The van der Waals surface area contributed by atoms with E-state index in [1.54, 1.807) is 0 Å². The van der Waals surface area contributed by atoms with Gasteiger partial charge < -0.3 is 5.11 Å². The number of halogens is 1. The molecule has 0 radical (unpaired) electrons. The molecule has 0 aliphatic heterocycles. The fraction of sp³-hybridized carbons (Fsp3) is 0.400. The first-order chi connectivity index (χ1) is 5.83. The Morgan fingerprint density at radius 3 is 2.83 bits per heavy atom. The summed E-state index contributed by atoms with van der Waals surface area (Å²) in [5.74, 6) is -0.220. The highest BCUT2D eigenvalue weighted by Crippen LogP contribution is 2.35. The molecule has 1 aromatic carbocycles. The SMILES string of the molecule is OC1c2ccccc2CC1CF. The second-order valence-electron chi connectivity index (χ2n) is 3.26. The van der Waals surface area contributed by atoms with Crippen LogP contribution in [0.1, 0.15) is 17.2 Å². The maximum Gasteiger partial charge on any atom is 0.0953 e. The van der Waals surface area contributed by atoms with Gasteiger partial charge in [0.2, 0.25) is 0 Å². The average Bonchev–Trinajstić information content (AvgIpc) is 2.44. The van der Waals surface area contributed by atoms with Gasteiger partial charge in [0.05, 0.1) is 12.8 Å². The van der Waals surface area contributed by atoms with Gasteiger partial charge in [-0.3, -0.25) is 4.39 Å². The Morgan fingerprint density at radius 2 is 2.17 bits per heavy atom. The van der Waals surface area contributed by atoms with Gasteiger partial charge in [-0.25, -0.2) is 0 Å². The van der Waals surface area contributed by atoms with E-state index < -0.39 is 12.8 Å². The van der Waals surface area contributed by atoms with Crippen LogP contribution in [0.3, 0.4) is 0 Å². The number of benzene rings is 1. The van der Waals surface area contributed by atoms with Crippen LogP contribution in [-0.2, 0) is 6.42 Å². The molecule has 1 aliphatic rings. The molecule has 0 saturated heterocycles. The summed E-state index contributed by atoms with van der Waals surface area (Å²) in [6, 6.07) is 7.62. The molecule has 12 heavy (non-hydrogen) atoms. The van der Waals surface area contributed by atoms with Crippen LogP contribution < -0.4 is 0 Å². The largest absolute Gasteiger partial charge is 0.388 e. The lowest BCUT2D eigenvalue weighted by atomic mass is 10.1. The molecule has 2 atom stereocenters. The van der Waals surface area contributed by atoms with Gasteiger partial charge in [0.1, 0.15) is 0 Å². The zero-order valence-corrected chi connectivity index (χ0v) is 6.70. The third-order valence-corrected chi connectivity index (χ3v) is 2.50. The molecule has 1 aromatic rings.